The lowest BCUT2D eigenvalue weighted by Crippen LogP contribution is -2.55. The van der Waals surface area contributed by atoms with Gasteiger partial charge in [-0.3, -0.25) is 19.8 Å². The zero-order chi connectivity index (χ0) is 34.8. The Morgan fingerprint density at radius 3 is 2.27 bits per heavy atom. The zero-order valence-corrected chi connectivity index (χ0v) is 28.6. The molecule has 2 aromatic rings. The van der Waals surface area contributed by atoms with Gasteiger partial charge >= 0.3 is 0 Å². The highest BCUT2D eigenvalue weighted by atomic mass is 32.2. The van der Waals surface area contributed by atoms with E-state index in [4.69, 9.17) is 20.6 Å². The van der Waals surface area contributed by atoms with E-state index >= 15 is 0 Å². The first-order chi connectivity index (χ1) is 23.1. The number of unbranched alkanes of at least 4 members (excludes halogenated alkanes) is 1. The van der Waals surface area contributed by atoms with Crippen LogP contribution in [-0.2, 0) is 40.3 Å². The molecular weight excluding hydrogens is 636 g/mol. The zero-order valence-electron chi connectivity index (χ0n) is 27.7. The van der Waals surface area contributed by atoms with E-state index in [2.05, 4.69) is 15.4 Å². The number of amides is 3. The number of amidine groups is 1. The predicted molar refractivity (Wildman–Crippen MR) is 183 cm³/mol. The summed E-state index contributed by atoms with van der Waals surface area (Å²) in [5, 5.41) is 13.3. The monoisotopic (exact) mass is 686 g/mol. The summed E-state index contributed by atoms with van der Waals surface area (Å²) >= 11 is 0. The molecule has 2 aromatic carbocycles. The fourth-order valence-electron chi connectivity index (χ4n) is 5.24. The molecule has 13 nitrogen and oxygen atoms in total. The van der Waals surface area contributed by atoms with E-state index in [-0.39, 0.29) is 42.0 Å². The molecule has 0 bridgehead atoms. The van der Waals surface area contributed by atoms with Gasteiger partial charge in [-0.05, 0) is 62.6 Å². The molecule has 14 heteroatoms. The van der Waals surface area contributed by atoms with Gasteiger partial charge < -0.3 is 30.7 Å². The Balaban J connectivity index is 1.68. The average Bonchev–Trinajstić information content (AvgIpc) is 3.09. The number of hydrogen-bond donors (Lipinski definition) is 5. The van der Waals surface area contributed by atoms with Crippen molar-refractivity contribution in [1.29, 1.82) is 5.41 Å². The van der Waals surface area contributed by atoms with E-state index in [0.717, 1.165) is 31.2 Å². The number of benzene rings is 2. The molecule has 0 saturated carbocycles. The Kier molecular flexibility index (Phi) is 16.5. The third-order valence-corrected chi connectivity index (χ3v) is 9.34. The predicted octanol–water partition coefficient (Wildman–Crippen LogP) is 2.09. The molecule has 0 aromatic heterocycles. The number of carbonyl (C=O) groups excluding carboxylic acids is 3. The van der Waals surface area contributed by atoms with E-state index in [1.807, 2.05) is 6.92 Å². The maximum Gasteiger partial charge on any atom is 0.245 e. The number of sulfonamides is 1. The van der Waals surface area contributed by atoms with E-state index in [0.29, 0.717) is 57.9 Å². The van der Waals surface area contributed by atoms with Gasteiger partial charge in [-0.25, -0.2) is 8.42 Å². The Morgan fingerprint density at radius 1 is 0.917 bits per heavy atom. The Morgan fingerprint density at radius 2 is 1.60 bits per heavy atom. The van der Waals surface area contributed by atoms with Gasteiger partial charge in [-0.15, -0.1) is 0 Å². The molecule has 48 heavy (non-hydrogen) atoms. The molecule has 2 atom stereocenters. The van der Waals surface area contributed by atoms with E-state index in [1.54, 1.807) is 47.4 Å². The minimum Gasteiger partial charge on any atom is -0.384 e. The molecule has 0 aliphatic carbocycles. The number of rotatable bonds is 21. The first kappa shape index (κ1) is 38.6. The molecule has 0 radical (unpaired) electrons. The largest absolute Gasteiger partial charge is 0.384 e. The summed E-state index contributed by atoms with van der Waals surface area (Å²) in [5.74, 6) is -1.21. The smallest absolute Gasteiger partial charge is 0.245 e. The number of ether oxygens (including phenoxy) is 2. The van der Waals surface area contributed by atoms with Crippen LogP contribution in [0.5, 0.6) is 0 Å². The molecule has 1 saturated heterocycles. The highest BCUT2D eigenvalue weighted by molar-refractivity contribution is 7.89. The van der Waals surface area contributed by atoms with Crippen molar-refractivity contribution in [3.05, 3.63) is 65.7 Å². The molecule has 1 aliphatic rings. The number of piperidine rings is 1. The number of nitrogen functional groups attached to an aromatic ring is 1. The van der Waals surface area contributed by atoms with E-state index in [1.165, 1.54) is 12.1 Å². The van der Waals surface area contributed by atoms with Crippen molar-refractivity contribution in [2.75, 3.05) is 46.1 Å². The lowest BCUT2D eigenvalue weighted by Gasteiger charge is -2.31. The van der Waals surface area contributed by atoms with Crippen LogP contribution in [0.4, 0.5) is 0 Å². The van der Waals surface area contributed by atoms with Crippen molar-refractivity contribution in [1.82, 2.24) is 20.3 Å². The van der Waals surface area contributed by atoms with Crippen molar-refractivity contribution in [3.8, 4) is 0 Å². The topological polar surface area (TPSA) is 193 Å². The third kappa shape index (κ3) is 13.3. The van der Waals surface area contributed by atoms with E-state index in [9.17, 15) is 22.8 Å². The second kappa shape index (κ2) is 20.5. The van der Waals surface area contributed by atoms with Gasteiger partial charge in [0.15, 0.2) is 0 Å². The Labute approximate surface area is 283 Å². The molecule has 3 amide bonds. The fraction of sp³-hybridized carbons (Fsp3) is 0.529. The first-order valence-electron chi connectivity index (χ1n) is 16.6. The van der Waals surface area contributed by atoms with Crippen LogP contribution in [-0.4, -0.2) is 95.0 Å². The summed E-state index contributed by atoms with van der Waals surface area (Å²) in [6, 6.07) is 12.6. The third-order valence-electron chi connectivity index (χ3n) is 7.85. The average molecular weight is 687 g/mol. The number of nitrogens with two attached hydrogens (primary N) is 1. The highest BCUT2D eigenvalue weighted by Crippen LogP contribution is 2.15. The molecule has 3 rings (SSSR count). The lowest BCUT2D eigenvalue weighted by atomic mass is 10.0. The quantitative estimate of drug-likeness (QED) is 0.0749. The minimum atomic E-state index is -4.06. The van der Waals surface area contributed by atoms with Crippen LogP contribution in [0.1, 0.15) is 63.0 Å². The van der Waals surface area contributed by atoms with Crippen LogP contribution in [0.3, 0.4) is 0 Å². The van der Waals surface area contributed by atoms with Crippen molar-refractivity contribution < 1.29 is 32.3 Å². The number of nitrogens with zero attached hydrogens (tertiary/aromatic N) is 1. The second-order valence-electron chi connectivity index (χ2n) is 11.8. The summed E-state index contributed by atoms with van der Waals surface area (Å²) < 4.78 is 39.7. The molecule has 6 N–H and O–H groups in total. The van der Waals surface area contributed by atoms with Gasteiger partial charge in [0.2, 0.25) is 27.7 Å². The van der Waals surface area contributed by atoms with Crippen molar-refractivity contribution >= 4 is 33.6 Å². The molecule has 1 aliphatic heterocycles. The molecule has 1 fully saturated rings. The molecule has 1 unspecified atom stereocenters. The summed E-state index contributed by atoms with van der Waals surface area (Å²) in [7, 11) is -4.06. The summed E-state index contributed by atoms with van der Waals surface area (Å²) in [5.41, 5.74) is 6.89. The molecule has 0 spiro atoms. The summed E-state index contributed by atoms with van der Waals surface area (Å²) in [4.78, 5) is 41.4. The summed E-state index contributed by atoms with van der Waals surface area (Å²) in [6.45, 7) is 4.78. The summed E-state index contributed by atoms with van der Waals surface area (Å²) in [6.07, 6.45) is 4.89. The molecule has 1 heterocycles. The number of likely N-dealkylation sites (tertiary alicyclic amines) is 1. The van der Waals surface area contributed by atoms with Crippen LogP contribution >= 0.6 is 0 Å². The van der Waals surface area contributed by atoms with Gasteiger partial charge in [0.1, 0.15) is 24.5 Å². The second-order valence-corrected chi connectivity index (χ2v) is 13.5. The number of hydrogen-bond acceptors (Lipinski definition) is 8. The normalized spacial score (nSPS) is 14.6. The van der Waals surface area contributed by atoms with Gasteiger partial charge in [0, 0.05) is 38.2 Å². The van der Waals surface area contributed by atoms with Crippen LogP contribution in [0.25, 0.3) is 0 Å². The Bertz CT molecular complexity index is 1420. The maximum absolute atomic E-state index is 13.8. The highest BCUT2D eigenvalue weighted by Gasteiger charge is 2.32. The first-order valence-corrected chi connectivity index (χ1v) is 18.1. The number of nitrogens with one attached hydrogen (secondary N) is 4. The number of carbonyl (C=O) groups is 3. The molecule has 264 valence electrons. The standard InChI is InChI=1S/C34H50N6O7S/c1-2-21-46-22-23-47-25-31(41)37-18-8-7-13-29(39-48(44,45)28-11-5-3-6-12-28)33(42)38-30(34(43)40-19-9-4-10-20-40)24-26-14-16-27(17-15-26)32(35)36/h3,5-6,11-12,14-17,29-30,39H,2,4,7-10,13,18-25H2,1H3,(H3,35,36)(H,37,41)(H,38,42)/t29-,30?/m0/s1. The lowest BCUT2D eigenvalue weighted by molar-refractivity contribution is -0.137. The minimum absolute atomic E-state index is 0.0154. The van der Waals surface area contributed by atoms with Crippen molar-refractivity contribution in [2.24, 2.45) is 5.73 Å². The van der Waals surface area contributed by atoms with Crippen LogP contribution in [0.2, 0.25) is 0 Å². The van der Waals surface area contributed by atoms with Crippen LogP contribution < -0.4 is 21.1 Å². The van der Waals surface area contributed by atoms with E-state index < -0.39 is 28.0 Å². The molecular formula is C34H50N6O7S. The van der Waals surface area contributed by atoms with Crippen LogP contribution in [0.15, 0.2) is 59.5 Å². The Hall–Kier alpha value is -3.85. The van der Waals surface area contributed by atoms with Crippen molar-refractivity contribution in [3.63, 3.8) is 0 Å². The van der Waals surface area contributed by atoms with Gasteiger partial charge in [0.05, 0.1) is 18.1 Å². The maximum atomic E-state index is 13.8. The van der Waals surface area contributed by atoms with Gasteiger partial charge in [0.25, 0.3) is 0 Å². The van der Waals surface area contributed by atoms with Gasteiger partial charge in [-0.1, -0.05) is 49.4 Å². The fourth-order valence-corrected chi connectivity index (χ4v) is 6.49. The van der Waals surface area contributed by atoms with Crippen LogP contribution in [0, 0.1) is 5.41 Å². The SMILES string of the molecule is CCCOCCOCC(=O)NCCCC[C@H](NS(=O)(=O)c1ccccc1)C(=O)NC(Cc1ccc(C(=N)N)cc1)C(=O)N1CCCCC1. The van der Waals surface area contributed by atoms with Crippen molar-refractivity contribution in [2.45, 2.75) is 75.3 Å². The van der Waals surface area contributed by atoms with Gasteiger partial charge in [-0.2, -0.15) is 4.72 Å².